The van der Waals surface area contributed by atoms with Crippen molar-refractivity contribution in [1.29, 1.82) is 0 Å². The molecular weight excluding hydrogens is 382 g/mol. The number of nitrogens with one attached hydrogen (secondary N) is 1. The molecule has 12 heteroatoms. The number of carbonyl (C=O) groups excluding carboxylic acids is 1. The molecule has 0 aliphatic carbocycles. The second-order valence-corrected chi connectivity index (χ2v) is 6.86. The Labute approximate surface area is 164 Å². The van der Waals surface area contributed by atoms with Crippen LogP contribution >= 0.6 is 11.8 Å². The minimum atomic E-state index is -0.505. The summed E-state index contributed by atoms with van der Waals surface area (Å²) in [6.07, 6.45) is 3.56. The maximum absolute atomic E-state index is 12.6. The lowest BCUT2D eigenvalue weighted by atomic mass is 10.2. The van der Waals surface area contributed by atoms with Crippen molar-refractivity contribution in [2.24, 2.45) is 5.10 Å². The van der Waals surface area contributed by atoms with E-state index in [-0.39, 0.29) is 17.3 Å². The number of hydrazone groups is 1. The molecule has 11 nitrogen and oxygen atoms in total. The summed E-state index contributed by atoms with van der Waals surface area (Å²) in [5.41, 5.74) is 9.63. The van der Waals surface area contributed by atoms with E-state index < -0.39 is 5.91 Å². The largest absolute Gasteiger partial charge is 0.378 e. The molecule has 3 aromatic rings. The van der Waals surface area contributed by atoms with Crippen molar-refractivity contribution >= 4 is 29.7 Å². The number of carbonyl (C=O) groups is 1. The van der Waals surface area contributed by atoms with E-state index in [1.807, 2.05) is 49.5 Å². The highest BCUT2D eigenvalue weighted by Gasteiger charge is 2.24. The van der Waals surface area contributed by atoms with Gasteiger partial charge in [-0.3, -0.25) is 4.79 Å². The van der Waals surface area contributed by atoms with Gasteiger partial charge in [0.2, 0.25) is 11.6 Å². The van der Waals surface area contributed by atoms with Crippen LogP contribution in [0, 0.1) is 0 Å². The highest BCUT2D eigenvalue weighted by atomic mass is 32.2. The van der Waals surface area contributed by atoms with Gasteiger partial charge in [0.1, 0.15) is 0 Å². The molecule has 0 atom stereocenters. The highest BCUT2D eigenvalue weighted by Crippen LogP contribution is 2.17. The average Bonchev–Trinajstić information content (AvgIpc) is 3.27. The molecule has 3 N–H and O–H groups in total. The lowest BCUT2D eigenvalue weighted by Gasteiger charge is -2.11. The molecule has 0 spiro atoms. The smallest absolute Gasteiger partial charge is 0.293 e. The second kappa shape index (κ2) is 8.63. The van der Waals surface area contributed by atoms with E-state index in [0.29, 0.717) is 12.2 Å². The maximum atomic E-state index is 12.6. The number of benzene rings is 1. The van der Waals surface area contributed by atoms with Gasteiger partial charge in [-0.15, -0.1) is 16.9 Å². The van der Waals surface area contributed by atoms with Crippen molar-refractivity contribution < 1.29 is 9.42 Å². The lowest BCUT2D eigenvalue weighted by Crippen LogP contribution is -2.23. The minimum absolute atomic E-state index is 0.0450. The van der Waals surface area contributed by atoms with Crippen LogP contribution in [-0.4, -0.2) is 62.7 Å². The monoisotopic (exact) mass is 401 g/mol. The Morgan fingerprint density at radius 3 is 2.71 bits per heavy atom. The van der Waals surface area contributed by atoms with Crippen LogP contribution < -0.4 is 11.2 Å². The molecule has 0 saturated carbocycles. The van der Waals surface area contributed by atoms with E-state index in [9.17, 15) is 4.79 Å². The standard InChI is InChI=1S/C16H19N9O2S/c1-24(2)9-12-13(19-23-25(12)15-14(17)21-27-22-15)16(26)20-18-8-10-4-6-11(28-3)7-5-10/h4-8H,9H2,1-3H3,(H2,17,21)(H,20,26)/b18-8+. The van der Waals surface area contributed by atoms with Crippen molar-refractivity contribution in [3.63, 3.8) is 0 Å². The zero-order valence-electron chi connectivity index (χ0n) is 15.5. The Morgan fingerprint density at radius 2 is 2.11 bits per heavy atom. The van der Waals surface area contributed by atoms with Crippen molar-refractivity contribution in [2.45, 2.75) is 11.4 Å². The molecule has 0 aliphatic heterocycles. The predicted octanol–water partition coefficient (Wildman–Crippen LogP) is 0.780. The summed E-state index contributed by atoms with van der Waals surface area (Å²) < 4.78 is 5.93. The van der Waals surface area contributed by atoms with Gasteiger partial charge in [-0.25, -0.2) is 10.1 Å². The first-order valence-corrected chi connectivity index (χ1v) is 9.37. The van der Waals surface area contributed by atoms with Gasteiger partial charge in [0.05, 0.1) is 11.9 Å². The first kappa shape index (κ1) is 19.5. The number of aromatic nitrogens is 5. The number of nitrogens with two attached hydrogens (primary N) is 1. The fraction of sp³-hybridized carbons (Fsp3) is 0.250. The number of hydrogen-bond acceptors (Lipinski definition) is 10. The van der Waals surface area contributed by atoms with Crippen LogP contribution in [0.3, 0.4) is 0 Å². The van der Waals surface area contributed by atoms with Crippen LogP contribution in [0.4, 0.5) is 5.82 Å². The summed E-state index contributed by atoms with van der Waals surface area (Å²) in [6.45, 7) is 0.363. The fourth-order valence-electron chi connectivity index (χ4n) is 2.34. The fourth-order valence-corrected chi connectivity index (χ4v) is 2.74. The molecule has 0 aliphatic rings. The second-order valence-electron chi connectivity index (χ2n) is 5.98. The molecule has 2 heterocycles. The van der Waals surface area contributed by atoms with Crippen LogP contribution in [0.25, 0.3) is 5.82 Å². The molecule has 3 rings (SSSR count). The highest BCUT2D eigenvalue weighted by molar-refractivity contribution is 7.98. The van der Waals surface area contributed by atoms with E-state index in [4.69, 9.17) is 5.73 Å². The van der Waals surface area contributed by atoms with Gasteiger partial charge in [-0.05, 0) is 48.4 Å². The van der Waals surface area contributed by atoms with Gasteiger partial charge in [-0.2, -0.15) is 9.78 Å². The van der Waals surface area contributed by atoms with E-state index in [1.54, 1.807) is 18.0 Å². The molecular formula is C16H19N9O2S. The van der Waals surface area contributed by atoms with E-state index in [0.717, 1.165) is 10.5 Å². The van der Waals surface area contributed by atoms with E-state index in [1.165, 1.54) is 4.68 Å². The molecule has 0 saturated heterocycles. The van der Waals surface area contributed by atoms with Gasteiger partial charge in [-0.1, -0.05) is 17.3 Å². The summed E-state index contributed by atoms with van der Waals surface area (Å²) in [4.78, 5) is 15.6. The van der Waals surface area contributed by atoms with Crippen LogP contribution in [-0.2, 0) is 6.54 Å². The molecule has 0 bridgehead atoms. The Hall–Kier alpha value is -3.25. The zero-order chi connectivity index (χ0) is 20.1. The Kier molecular flexibility index (Phi) is 6.01. The molecule has 1 amide bonds. The van der Waals surface area contributed by atoms with Gasteiger partial charge in [0, 0.05) is 11.4 Å². The third-order valence-electron chi connectivity index (χ3n) is 3.64. The van der Waals surface area contributed by atoms with Crippen molar-refractivity contribution in [2.75, 3.05) is 26.1 Å². The summed E-state index contributed by atoms with van der Waals surface area (Å²) in [6, 6.07) is 7.78. The summed E-state index contributed by atoms with van der Waals surface area (Å²) in [7, 11) is 3.69. The number of nitrogens with zero attached hydrogens (tertiary/aromatic N) is 7. The van der Waals surface area contributed by atoms with Gasteiger partial charge in [0.15, 0.2) is 5.69 Å². The quantitative estimate of drug-likeness (QED) is 0.334. The van der Waals surface area contributed by atoms with Gasteiger partial charge in [0.25, 0.3) is 5.91 Å². The number of anilines is 1. The van der Waals surface area contributed by atoms with E-state index >= 15 is 0 Å². The van der Waals surface area contributed by atoms with Gasteiger partial charge < -0.3 is 10.6 Å². The average molecular weight is 401 g/mol. The Morgan fingerprint density at radius 1 is 1.36 bits per heavy atom. The normalized spacial score (nSPS) is 11.4. The topological polar surface area (TPSA) is 140 Å². The van der Waals surface area contributed by atoms with Crippen LogP contribution in [0.2, 0.25) is 0 Å². The SMILES string of the molecule is CSc1ccc(/C=N/NC(=O)c2nnn(-c3nonc3N)c2CN(C)C)cc1. The number of nitrogen functional groups attached to an aromatic ring is 1. The maximum Gasteiger partial charge on any atom is 0.293 e. The summed E-state index contributed by atoms with van der Waals surface area (Å²) in [5, 5.41) is 19.1. The minimum Gasteiger partial charge on any atom is -0.378 e. The van der Waals surface area contributed by atoms with Crippen LogP contribution in [0.5, 0.6) is 0 Å². The summed E-state index contributed by atoms with van der Waals surface area (Å²) in [5.74, 6) is -0.292. The Bertz CT molecular complexity index is 978. The zero-order valence-corrected chi connectivity index (χ0v) is 16.3. The van der Waals surface area contributed by atoms with Gasteiger partial charge >= 0.3 is 0 Å². The molecule has 0 fully saturated rings. The number of hydrogen-bond donors (Lipinski definition) is 2. The number of amides is 1. The molecule has 1 aromatic carbocycles. The van der Waals surface area contributed by atoms with Crippen molar-refractivity contribution in [3.05, 3.63) is 41.2 Å². The number of rotatable bonds is 7. The molecule has 28 heavy (non-hydrogen) atoms. The van der Waals surface area contributed by atoms with E-state index in [2.05, 4.69) is 35.8 Å². The van der Waals surface area contributed by atoms with Crippen molar-refractivity contribution in [1.82, 2.24) is 35.6 Å². The summed E-state index contributed by atoms with van der Waals surface area (Å²) >= 11 is 1.65. The third-order valence-corrected chi connectivity index (χ3v) is 4.38. The first-order chi connectivity index (χ1) is 13.5. The first-order valence-electron chi connectivity index (χ1n) is 8.14. The molecule has 0 radical (unpaired) electrons. The Balaban J connectivity index is 1.79. The molecule has 2 aromatic heterocycles. The molecule has 0 unspecified atom stereocenters. The number of thioether (sulfide) groups is 1. The third kappa shape index (κ3) is 4.35. The van der Waals surface area contributed by atoms with Crippen LogP contribution in [0.1, 0.15) is 21.7 Å². The predicted molar refractivity (Wildman–Crippen MR) is 104 cm³/mol. The van der Waals surface area contributed by atoms with Crippen molar-refractivity contribution in [3.8, 4) is 5.82 Å². The molecule has 146 valence electrons. The lowest BCUT2D eigenvalue weighted by molar-refractivity contribution is 0.0948. The van der Waals surface area contributed by atoms with Crippen LogP contribution in [0.15, 0.2) is 38.9 Å².